The van der Waals surface area contributed by atoms with E-state index in [2.05, 4.69) is 24.2 Å². The van der Waals surface area contributed by atoms with E-state index >= 15 is 0 Å². The van der Waals surface area contributed by atoms with E-state index in [4.69, 9.17) is 10.6 Å². The Kier molecular flexibility index (Phi) is 5.88. The number of hydrogen-bond acceptors (Lipinski definition) is 4. The number of ether oxygens (including phenoxy) is 1. The summed E-state index contributed by atoms with van der Waals surface area (Å²) in [5, 5.41) is 0. The van der Waals surface area contributed by atoms with Gasteiger partial charge < -0.3 is 4.74 Å². The Morgan fingerprint density at radius 3 is 2.88 bits per heavy atom. The summed E-state index contributed by atoms with van der Waals surface area (Å²) in [7, 11) is 1.78. The van der Waals surface area contributed by atoms with Crippen molar-refractivity contribution in [1.82, 2.24) is 10.3 Å². The Bertz CT molecular complexity index is 248. The summed E-state index contributed by atoms with van der Waals surface area (Å²) in [6.45, 7) is 5.45. The highest BCUT2D eigenvalue weighted by Crippen LogP contribution is 2.23. The van der Waals surface area contributed by atoms with Crippen LogP contribution in [0.2, 0.25) is 0 Å². The third-order valence-electron chi connectivity index (χ3n) is 3.73. The van der Waals surface area contributed by atoms with Gasteiger partial charge in [-0.15, -0.1) is 0 Å². The number of nitrogens with zero attached hydrogens (tertiary/aromatic N) is 1. The molecule has 1 aliphatic heterocycles. The molecule has 5 heteroatoms. The van der Waals surface area contributed by atoms with Gasteiger partial charge in [0.25, 0.3) is 0 Å². The van der Waals surface area contributed by atoms with Crippen LogP contribution in [-0.4, -0.2) is 42.6 Å². The number of piperidine rings is 1. The van der Waals surface area contributed by atoms with Gasteiger partial charge in [0.1, 0.15) is 0 Å². The monoisotopic (exact) mass is 243 g/mol. The second-order valence-corrected chi connectivity index (χ2v) is 4.92. The second-order valence-electron chi connectivity index (χ2n) is 4.92. The van der Waals surface area contributed by atoms with Gasteiger partial charge in [0, 0.05) is 32.2 Å². The van der Waals surface area contributed by atoms with Gasteiger partial charge >= 0.3 is 0 Å². The van der Waals surface area contributed by atoms with Crippen molar-refractivity contribution in [3.8, 4) is 0 Å². The maximum Gasteiger partial charge on any atom is 0.233 e. The van der Waals surface area contributed by atoms with Gasteiger partial charge in [-0.3, -0.25) is 15.1 Å². The Morgan fingerprint density at radius 2 is 2.35 bits per heavy atom. The van der Waals surface area contributed by atoms with Crippen molar-refractivity contribution in [2.45, 2.75) is 57.7 Å². The molecule has 5 nitrogen and oxygen atoms in total. The minimum Gasteiger partial charge on any atom is -0.381 e. The highest BCUT2D eigenvalue weighted by atomic mass is 16.5. The van der Waals surface area contributed by atoms with E-state index in [-0.39, 0.29) is 5.91 Å². The molecule has 1 amide bonds. The Morgan fingerprint density at radius 1 is 1.65 bits per heavy atom. The van der Waals surface area contributed by atoms with Crippen LogP contribution in [0.4, 0.5) is 0 Å². The zero-order valence-electron chi connectivity index (χ0n) is 11.1. The summed E-state index contributed by atoms with van der Waals surface area (Å²) in [5.74, 6) is 4.98. The Hall–Kier alpha value is -0.650. The van der Waals surface area contributed by atoms with E-state index < -0.39 is 0 Å². The number of hydrogen-bond donors (Lipinski definition) is 2. The highest BCUT2D eigenvalue weighted by Gasteiger charge is 2.28. The molecule has 0 bridgehead atoms. The van der Waals surface area contributed by atoms with E-state index in [9.17, 15) is 4.79 Å². The molecule has 0 aliphatic carbocycles. The number of nitrogens with one attached hydrogen (secondary N) is 1. The third-order valence-corrected chi connectivity index (χ3v) is 3.73. The van der Waals surface area contributed by atoms with Gasteiger partial charge in [-0.25, -0.2) is 5.84 Å². The maximum atomic E-state index is 11.1. The predicted octanol–water partition coefficient (Wildman–Crippen LogP) is 0.644. The van der Waals surface area contributed by atoms with Crippen LogP contribution in [0, 0.1) is 0 Å². The van der Waals surface area contributed by atoms with E-state index in [1.165, 1.54) is 0 Å². The molecule has 0 radical (unpaired) electrons. The molecule has 100 valence electrons. The van der Waals surface area contributed by atoms with E-state index in [1.54, 1.807) is 7.11 Å². The molecule has 0 spiro atoms. The normalized spacial score (nSPS) is 27.8. The largest absolute Gasteiger partial charge is 0.381 e. The molecular weight excluding hydrogens is 218 g/mol. The van der Waals surface area contributed by atoms with E-state index in [0.29, 0.717) is 24.6 Å². The second kappa shape index (κ2) is 6.93. The number of amides is 1. The quantitative estimate of drug-likeness (QED) is 0.422. The van der Waals surface area contributed by atoms with Crippen LogP contribution in [0.5, 0.6) is 0 Å². The van der Waals surface area contributed by atoms with Crippen LogP contribution in [0.15, 0.2) is 0 Å². The fourth-order valence-corrected chi connectivity index (χ4v) is 2.59. The van der Waals surface area contributed by atoms with Crippen LogP contribution in [0.1, 0.15) is 39.5 Å². The first-order chi connectivity index (χ1) is 8.08. The zero-order valence-corrected chi connectivity index (χ0v) is 11.1. The highest BCUT2D eigenvalue weighted by molar-refractivity contribution is 5.75. The minimum atomic E-state index is -0.0868. The Balaban J connectivity index is 2.36. The van der Waals surface area contributed by atoms with Crippen molar-refractivity contribution in [3.05, 3.63) is 0 Å². The fourth-order valence-electron chi connectivity index (χ4n) is 2.59. The first-order valence-corrected chi connectivity index (χ1v) is 6.36. The van der Waals surface area contributed by atoms with Crippen LogP contribution in [0.3, 0.4) is 0 Å². The summed E-state index contributed by atoms with van der Waals surface area (Å²) in [6.07, 6.45) is 3.89. The summed E-state index contributed by atoms with van der Waals surface area (Å²) >= 11 is 0. The van der Waals surface area contributed by atoms with Crippen LogP contribution >= 0.6 is 0 Å². The smallest absolute Gasteiger partial charge is 0.233 e. The summed E-state index contributed by atoms with van der Waals surface area (Å²) in [6, 6.07) is 0.935. The molecule has 1 rings (SSSR count). The summed E-state index contributed by atoms with van der Waals surface area (Å²) in [4.78, 5) is 13.6. The maximum absolute atomic E-state index is 11.1. The van der Waals surface area contributed by atoms with Gasteiger partial charge in [-0.05, 0) is 33.1 Å². The molecule has 0 aromatic carbocycles. The van der Waals surface area contributed by atoms with Crippen LogP contribution < -0.4 is 11.3 Å². The molecule has 1 aliphatic rings. The predicted molar refractivity (Wildman–Crippen MR) is 67.2 cm³/mol. The molecule has 1 saturated heterocycles. The molecule has 0 aromatic heterocycles. The van der Waals surface area contributed by atoms with Gasteiger partial charge in [-0.1, -0.05) is 0 Å². The zero-order chi connectivity index (χ0) is 12.8. The fraction of sp³-hybridized carbons (Fsp3) is 0.917. The minimum absolute atomic E-state index is 0.0868. The van der Waals surface area contributed by atoms with Crippen LogP contribution in [-0.2, 0) is 9.53 Å². The van der Waals surface area contributed by atoms with Gasteiger partial charge in [-0.2, -0.15) is 0 Å². The number of carbonyl (C=O) groups is 1. The lowest BCUT2D eigenvalue weighted by Crippen LogP contribution is -2.48. The summed E-state index contributed by atoms with van der Waals surface area (Å²) < 4.78 is 5.40. The Labute approximate surface area is 104 Å². The van der Waals surface area contributed by atoms with Crippen molar-refractivity contribution in [2.75, 3.05) is 13.7 Å². The SMILES string of the molecule is COC1CCN(C(C)CCC(=O)NN)C(C)C1. The van der Waals surface area contributed by atoms with Crippen molar-refractivity contribution in [1.29, 1.82) is 0 Å². The van der Waals surface area contributed by atoms with Crippen molar-refractivity contribution >= 4 is 5.91 Å². The molecule has 3 N–H and O–H groups in total. The van der Waals surface area contributed by atoms with Crippen molar-refractivity contribution in [3.63, 3.8) is 0 Å². The van der Waals surface area contributed by atoms with Gasteiger partial charge in [0.05, 0.1) is 6.10 Å². The van der Waals surface area contributed by atoms with Crippen LogP contribution in [0.25, 0.3) is 0 Å². The first-order valence-electron chi connectivity index (χ1n) is 6.36. The van der Waals surface area contributed by atoms with Gasteiger partial charge in [0.15, 0.2) is 0 Å². The third kappa shape index (κ3) is 4.26. The standard InChI is InChI=1S/C12H25N3O2/c1-9(4-5-12(16)14-13)15-7-6-11(17-3)8-10(15)2/h9-11H,4-8,13H2,1-3H3,(H,14,16). The first kappa shape index (κ1) is 14.4. The molecule has 17 heavy (non-hydrogen) atoms. The van der Waals surface area contributed by atoms with Gasteiger partial charge in [0.2, 0.25) is 5.91 Å². The lowest BCUT2D eigenvalue weighted by atomic mass is 9.97. The number of methoxy groups -OCH3 is 1. The van der Waals surface area contributed by atoms with E-state index in [1.807, 2.05) is 0 Å². The molecule has 1 heterocycles. The average Bonchev–Trinajstić information content (AvgIpc) is 2.35. The van der Waals surface area contributed by atoms with E-state index in [0.717, 1.165) is 25.8 Å². The molecule has 0 saturated carbocycles. The number of likely N-dealkylation sites (tertiary alicyclic amines) is 1. The lowest BCUT2D eigenvalue weighted by molar-refractivity contribution is -0.121. The number of carbonyl (C=O) groups excluding carboxylic acids is 1. The molecular formula is C12H25N3O2. The van der Waals surface area contributed by atoms with Crippen molar-refractivity contribution in [2.24, 2.45) is 5.84 Å². The number of hydrazine groups is 1. The molecule has 3 unspecified atom stereocenters. The molecule has 0 aromatic rings. The van der Waals surface area contributed by atoms with Crippen molar-refractivity contribution < 1.29 is 9.53 Å². The topological polar surface area (TPSA) is 67.6 Å². The summed E-state index contributed by atoms with van der Waals surface area (Å²) in [5.41, 5.74) is 2.17. The molecule has 1 fully saturated rings. The lowest BCUT2D eigenvalue weighted by Gasteiger charge is -2.40. The average molecular weight is 243 g/mol. The number of nitrogens with two attached hydrogens (primary N) is 1. The molecule has 3 atom stereocenters. The number of rotatable bonds is 5.